The zero-order chi connectivity index (χ0) is 18.3. The molecular weight excluding hydrogens is 306 g/mol. The van der Waals surface area contributed by atoms with Crippen molar-refractivity contribution in [1.29, 1.82) is 0 Å². The number of rotatable bonds is 3. The van der Waals surface area contributed by atoms with Crippen molar-refractivity contribution in [3.05, 3.63) is 75.4 Å². The van der Waals surface area contributed by atoms with Gasteiger partial charge < -0.3 is 15.1 Å². The second-order valence-corrected chi connectivity index (χ2v) is 7.21. The summed E-state index contributed by atoms with van der Waals surface area (Å²) in [5, 5.41) is 4.70. The SMILES string of the molecule is C[N-]C1N(c2c(C)cc(C)cc2C)C=CN1c1c(C)cc(C)cc1C. The average Bonchev–Trinajstić information content (AvgIpc) is 2.88. The third-order valence-corrected chi connectivity index (χ3v) is 4.90. The lowest BCUT2D eigenvalue weighted by atomic mass is 10.0. The van der Waals surface area contributed by atoms with Crippen LogP contribution >= 0.6 is 0 Å². The standard InChI is InChI=1S/C22H28N3/c1-14-10-16(3)20(17(4)11-14)24-8-9-25(22(24)23-7)21-18(5)12-15(2)13-19(21)6/h8-13,22H,1-7H3/q-1. The van der Waals surface area contributed by atoms with Gasteiger partial charge in [0, 0.05) is 30.1 Å². The van der Waals surface area contributed by atoms with E-state index in [1.807, 2.05) is 7.05 Å². The molecule has 25 heavy (non-hydrogen) atoms. The van der Waals surface area contributed by atoms with Crippen molar-refractivity contribution in [3.63, 3.8) is 0 Å². The Hall–Kier alpha value is -2.26. The Morgan fingerprint density at radius 1 is 0.640 bits per heavy atom. The van der Waals surface area contributed by atoms with E-state index in [0.717, 1.165) is 0 Å². The molecule has 3 rings (SSSR count). The first-order valence-electron chi connectivity index (χ1n) is 8.83. The Morgan fingerprint density at radius 2 is 0.960 bits per heavy atom. The van der Waals surface area contributed by atoms with E-state index in [0.29, 0.717) is 0 Å². The summed E-state index contributed by atoms with van der Waals surface area (Å²) in [5.74, 6) is 0. The van der Waals surface area contributed by atoms with Gasteiger partial charge in [-0.1, -0.05) is 35.4 Å². The van der Waals surface area contributed by atoms with Crippen molar-refractivity contribution >= 4 is 11.4 Å². The lowest BCUT2D eigenvalue weighted by Crippen LogP contribution is -2.39. The smallest absolute Gasteiger partial charge is 0.0468 e. The van der Waals surface area contributed by atoms with Gasteiger partial charge in [-0.2, -0.15) is 7.05 Å². The molecule has 0 radical (unpaired) electrons. The fraction of sp³-hybridized carbons (Fsp3) is 0.364. The third-order valence-electron chi connectivity index (χ3n) is 4.90. The molecule has 3 heteroatoms. The van der Waals surface area contributed by atoms with Crippen LogP contribution < -0.4 is 9.80 Å². The zero-order valence-electron chi connectivity index (χ0n) is 16.4. The molecule has 0 unspecified atom stereocenters. The van der Waals surface area contributed by atoms with Gasteiger partial charge in [0.15, 0.2) is 0 Å². The van der Waals surface area contributed by atoms with E-state index in [1.54, 1.807) is 0 Å². The Kier molecular flexibility index (Phi) is 4.61. The highest BCUT2D eigenvalue weighted by Crippen LogP contribution is 2.38. The Balaban J connectivity index is 2.05. The van der Waals surface area contributed by atoms with E-state index in [4.69, 9.17) is 5.32 Å². The molecule has 0 bridgehead atoms. The van der Waals surface area contributed by atoms with Crippen LogP contribution in [0.1, 0.15) is 33.4 Å². The quantitative estimate of drug-likeness (QED) is 0.726. The van der Waals surface area contributed by atoms with Gasteiger partial charge >= 0.3 is 0 Å². The molecule has 0 aliphatic carbocycles. The van der Waals surface area contributed by atoms with Crippen LogP contribution in [0.3, 0.4) is 0 Å². The number of anilines is 2. The van der Waals surface area contributed by atoms with Crippen molar-refractivity contribution in [2.24, 2.45) is 0 Å². The largest absolute Gasteiger partial charge is 0.626 e. The molecular formula is C22H28N3-. The van der Waals surface area contributed by atoms with Crippen molar-refractivity contribution in [2.45, 2.75) is 47.8 Å². The lowest BCUT2D eigenvalue weighted by Gasteiger charge is -2.43. The van der Waals surface area contributed by atoms with E-state index >= 15 is 0 Å². The van der Waals surface area contributed by atoms with E-state index in [2.05, 4.69) is 88.0 Å². The van der Waals surface area contributed by atoms with Crippen LogP contribution in [0.15, 0.2) is 36.7 Å². The van der Waals surface area contributed by atoms with Crippen molar-refractivity contribution in [1.82, 2.24) is 0 Å². The number of benzene rings is 2. The minimum absolute atomic E-state index is 0.0554. The molecule has 3 nitrogen and oxygen atoms in total. The fourth-order valence-electron chi connectivity index (χ4n) is 4.22. The van der Waals surface area contributed by atoms with Gasteiger partial charge in [-0.15, -0.1) is 0 Å². The van der Waals surface area contributed by atoms with Crippen LogP contribution in [0.5, 0.6) is 0 Å². The normalized spacial score (nSPS) is 14.7. The van der Waals surface area contributed by atoms with E-state index < -0.39 is 0 Å². The van der Waals surface area contributed by atoms with Crippen molar-refractivity contribution in [2.75, 3.05) is 16.8 Å². The summed E-state index contributed by atoms with van der Waals surface area (Å²) in [6.45, 7) is 13.0. The van der Waals surface area contributed by atoms with Gasteiger partial charge in [-0.25, -0.2) is 0 Å². The molecule has 1 heterocycles. The Morgan fingerprint density at radius 3 is 1.24 bits per heavy atom. The maximum absolute atomic E-state index is 4.70. The summed E-state index contributed by atoms with van der Waals surface area (Å²) in [6.07, 6.45) is 4.25. The second-order valence-electron chi connectivity index (χ2n) is 7.21. The van der Waals surface area contributed by atoms with Gasteiger partial charge in [0.25, 0.3) is 0 Å². The molecule has 0 fully saturated rings. The molecule has 0 saturated heterocycles. The lowest BCUT2D eigenvalue weighted by molar-refractivity contribution is 0.778. The molecule has 0 saturated carbocycles. The van der Waals surface area contributed by atoms with Crippen LogP contribution in [0.25, 0.3) is 5.32 Å². The van der Waals surface area contributed by atoms with Crippen molar-refractivity contribution in [3.8, 4) is 0 Å². The zero-order valence-corrected chi connectivity index (χ0v) is 16.4. The third kappa shape index (κ3) is 3.05. The highest BCUT2D eigenvalue weighted by atomic mass is 15.5. The maximum atomic E-state index is 4.70. The predicted molar refractivity (Wildman–Crippen MR) is 108 cm³/mol. The molecule has 0 amide bonds. The number of aryl methyl sites for hydroxylation is 6. The topological polar surface area (TPSA) is 20.6 Å². The summed E-state index contributed by atoms with van der Waals surface area (Å²) in [5.41, 5.74) is 10.3. The summed E-state index contributed by atoms with van der Waals surface area (Å²) in [4.78, 5) is 4.56. The second kappa shape index (κ2) is 6.57. The monoisotopic (exact) mass is 334 g/mol. The van der Waals surface area contributed by atoms with Crippen LogP contribution in [0.4, 0.5) is 11.4 Å². The van der Waals surface area contributed by atoms with Gasteiger partial charge in [-0.05, 0) is 63.8 Å². The summed E-state index contributed by atoms with van der Waals surface area (Å²) in [7, 11) is 1.90. The van der Waals surface area contributed by atoms with Gasteiger partial charge in [0.2, 0.25) is 0 Å². The van der Waals surface area contributed by atoms with Gasteiger partial charge in [-0.3, -0.25) is 0 Å². The summed E-state index contributed by atoms with van der Waals surface area (Å²) in [6, 6.07) is 8.98. The first kappa shape index (κ1) is 17.6. The average molecular weight is 334 g/mol. The molecule has 0 atom stereocenters. The molecule has 132 valence electrons. The first-order chi connectivity index (χ1) is 11.8. The van der Waals surface area contributed by atoms with Gasteiger partial charge in [0.05, 0.1) is 0 Å². The van der Waals surface area contributed by atoms with Crippen molar-refractivity contribution < 1.29 is 0 Å². The molecule has 0 aromatic heterocycles. The Bertz CT molecular complexity index is 722. The predicted octanol–water partition coefficient (Wildman–Crippen LogP) is 5.62. The minimum Gasteiger partial charge on any atom is -0.626 e. The molecule has 2 aromatic carbocycles. The minimum atomic E-state index is -0.0554. The maximum Gasteiger partial charge on any atom is 0.0468 e. The van der Waals surface area contributed by atoms with Gasteiger partial charge in [0.1, 0.15) is 0 Å². The first-order valence-corrected chi connectivity index (χ1v) is 8.83. The summed E-state index contributed by atoms with van der Waals surface area (Å²) < 4.78 is 0. The molecule has 0 spiro atoms. The molecule has 0 N–H and O–H groups in total. The Labute approximate surface area is 152 Å². The van der Waals surface area contributed by atoms with Crippen LogP contribution in [0, 0.1) is 41.5 Å². The number of hydrogen-bond donors (Lipinski definition) is 0. The highest BCUT2D eigenvalue weighted by Gasteiger charge is 2.25. The van der Waals surface area contributed by atoms with Crippen LogP contribution in [-0.2, 0) is 0 Å². The molecule has 1 aliphatic rings. The summed E-state index contributed by atoms with van der Waals surface area (Å²) >= 11 is 0. The number of hydrogen-bond acceptors (Lipinski definition) is 2. The number of nitrogens with zero attached hydrogens (tertiary/aromatic N) is 3. The molecule has 1 aliphatic heterocycles. The van der Waals surface area contributed by atoms with Crippen LogP contribution in [-0.4, -0.2) is 13.3 Å². The van der Waals surface area contributed by atoms with E-state index in [-0.39, 0.29) is 6.29 Å². The fourth-order valence-corrected chi connectivity index (χ4v) is 4.22. The van der Waals surface area contributed by atoms with E-state index in [1.165, 1.54) is 44.8 Å². The van der Waals surface area contributed by atoms with Crippen LogP contribution in [0.2, 0.25) is 0 Å². The highest BCUT2D eigenvalue weighted by molar-refractivity contribution is 5.71. The molecule has 2 aromatic rings. The van der Waals surface area contributed by atoms with E-state index in [9.17, 15) is 0 Å².